The molecule has 3 rings (SSSR count). The van der Waals surface area contributed by atoms with Gasteiger partial charge in [-0.05, 0) is 31.5 Å². The molecule has 4 heteroatoms. The van der Waals surface area contributed by atoms with Crippen molar-refractivity contribution in [3.05, 3.63) is 34.0 Å². The van der Waals surface area contributed by atoms with Crippen LogP contribution in [-0.2, 0) is 4.74 Å². The van der Waals surface area contributed by atoms with Crippen molar-refractivity contribution in [2.24, 2.45) is 5.92 Å². The van der Waals surface area contributed by atoms with E-state index in [9.17, 15) is 4.79 Å². The average Bonchev–Trinajstić information content (AvgIpc) is 2.98. The molecule has 3 nitrogen and oxygen atoms in total. The number of halogens is 1. The van der Waals surface area contributed by atoms with Crippen LogP contribution in [-0.4, -0.2) is 19.0 Å². The first-order chi connectivity index (χ1) is 8.66. The van der Waals surface area contributed by atoms with Crippen molar-refractivity contribution in [1.29, 1.82) is 0 Å². The van der Waals surface area contributed by atoms with Gasteiger partial charge in [-0.2, -0.15) is 0 Å². The summed E-state index contributed by atoms with van der Waals surface area (Å²) in [5.74, 6) is 0.503. The number of ether oxygens (including phenoxy) is 1. The summed E-state index contributed by atoms with van der Waals surface area (Å²) < 4.78 is 12.0. The van der Waals surface area contributed by atoms with Crippen molar-refractivity contribution in [3.63, 3.8) is 0 Å². The van der Waals surface area contributed by atoms with Gasteiger partial charge in [0.2, 0.25) is 5.78 Å². The molecule has 2 aromatic rings. The van der Waals surface area contributed by atoms with E-state index in [0.717, 1.165) is 27.4 Å². The molecule has 1 fully saturated rings. The SMILES string of the molecule is Cc1c(C(=O)C2CCOC2)oc2ccc(Br)cc12. The fourth-order valence-electron chi connectivity index (χ4n) is 2.35. The summed E-state index contributed by atoms with van der Waals surface area (Å²) in [6.45, 7) is 3.11. The van der Waals surface area contributed by atoms with Crippen LogP contribution < -0.4 is 0 Å². The molecule has 2 heterocycles. The van der Waals surface area contributed by atoms with E-state index in [1.54, 1.807) is 0 Å². The molecule has 0 amide bonds. The molecule has 0 saturated carbocycles. The molecular formula is C14H13BrO3. The van der Waals surface area contributed by atoms with Gasteiger partial charge < -0.3 is 9.15 Å². The van der Waals surface area contributed by atoms with E-state index in [-0.39, 0.29) is 11.7 Å². The summed E-state index contributed by atoms with van der Waals surface area (Å²) in [7, 11) is 0. The maximum absolute atomic E-state index is 12.3. The Hall–Kier alpha value is -1.13. The Morgan fingerprint density at radius 1 is 1.44 bits per heavy atom. The van der Waals surface area contributed by atoms with Crippen LogP contribution in [0.5, 0.6) is 0 Å². The summed E-state index contributed by atoms with van der Waals surface area (Å²) in [6.07, 6.45) is 0.791. The zero-order chi connectivity index (χ0) is 12.7. The summed E-state index contributed by atoms with van der Waals surface area (Å²) in [5, 5.41) is 0.992. The molecule has 0 radical (unpaired) electrons. The molecule has 1 atom stereocenters. The molecule has 94 valence electrons. The van der Waals surface area contributed by atoms with E-state index in [1.807, 2.05) is 25.1 Å². The molecule has 18 heavy (non-hydrogen) atoms. The van der Waals surface area contributed by atoms with Crippen LogP contribution >= 0.6 is 15.9 Å². The molecule has 1 aromatic carbocycles. The van der Waals surface area contributed by atoms with Crippen molar-refractivity contribution >= 4 is 32.7 Å². The number of aryl methyl sites for hydroxylation is 1. The highest BCUT2D eigenvalue weighted by molar-refractivity contribution is 9.10. The Morgan fingerprint density at radius 3 is 3.00 bits per heavy atom. The topological polar surface area (TPSA) is 39.4 Å². The van der Waals surface area contributed by atoms with Gasteiger partial charge in [0.05, 0.1) is 12.5 Å². The minimum Gasteiger partial charge on any atom is -0.453 e. The van der Waals surface area contributed by atoms with Gasteiger partial charge in [0.1, 0.15) is 5.58 Å². The molecule has 1 aliphatic heterocycles. The van der Waals surface area contributed by atoms with Crippen LogP contribution in [0.1, 0.15) is 22.5 Å². The highest BCUT2D eigenvalue weighted by Gasteiger charge is 2.29. The molecule has 1 aromatic heterocycles. The Labute approximate surface area is 113 Å². The van der Waals surface area contributed by atoms with Gasteiger partial charge in [0, 0.05) is 22.0 Å². The van der Waals surface area contributed by atoms with Crippen LogP contribution in [0.4, 0.5) is 0 Å². The number of carbonyl (C=O) groups is 1. The van der Waals surface area contributed by atoms with Gasteiger partial charge in [-0.15, -0.1) is 0 Å². The Kier molecular flexibility index (Phi) is 2.99. The highest BCUT2D eigenvalue weighted by atomic mass is 79.9. The maximum Gasteiger partial charge on any atom is 0.203 e. The van der Waals surface area contributed by atoms with Crippen LogP contribution in [0.15, 0.2) is 27.1 Å². The smallest absolute Gasteiger partial charge is 0.203 e. The average molecular weight is 309 g/mol. The first kappa shape index (κ1) is 11.9. The van der Waals surface area contributed by atoms with Gasteiger partial charge in [0.15, 0.2) is 5.76 Å². The van der Waals surface area contributed by atoms with Crippen LogP contribution in [0.3, 0.4) is 0 Å². The van der Waals surface area contributed by atoms with Crippen molar-refractivity contribution in [2.75, 3.05) is 13.2 Å². The fraction of sp³-hybridized carbons (Fsp3) is 0.357. The number of hydrogen-bond donors (Lipinski definition) is 0. The lowest BCUT2D eigenvalue weighted by Gasteiger charge is -2.03. The van der Waals surface area contributed by atoms with E-state index < -0.39 is 0 Å². The van der Waals surface area contributed by atoms with Gasteiger partial charge in [-0.25, -0.2) is 0 Å². The molecule has 1 saturated heterocycles. The lowest BCUT2D eigenvalue weighted by atomic mass is 9.99. The minimum absolute atomic E-state index is 0.0484. The number of benzene rings is 1. The number of hydrogen-bond acceptors (Lipinski definition) is 3. The van der Waals surface area contributed by atoms with E-state index >= 15 is 0 Å². The monoisotopic (exact) mass is 308 g/mol. The first-order valence-corrected chi connectivity index (χ1v) is 6.76. The molecule has 0 N–H and O–H groups in total. The molecule has 1 unspecified atom stereocenters. The number of carbonyl (C=O) groups excluding carboxylic acids is 1. The van der Waals surface area contributed by atoms with Gasteiger partial charge in [-0.1, -0.05) is 15.9 Å². The molecule has 0 aliphatic carbocycles. The van der Waals surface area contributed by atoms with Crippen LogP contribution in [0.25, 0.3) is 11.0 Å². The van der Waals surface area contributed by atoms with Crippen molar-refractivity contribution in [1.82, 2.24) is 0 Å². The van der Waals surface area contributed by atoms with E-state index in [1.165, 1.54) is 0 Å². The number of fused-ring (bicyclic) bond motifs is 1. The Bertz CT molecular complexity index is 609. The van der Waals surface area contributed by atoms with Crippen LogP contribution in [0, 0.1) is 12.8 Å². The second-order valence-corrected chi connectivity index (χ2v) is 5.54. The third kappa shape index (κ3) is 1.89. The zero-order valence-electron chi connectivity index (χ0n) is 10.0. The lowest BCUT2D eigenvalue weighted by molar-refractivity contribution is 0.0873. The van der Waals surface area contributed by atoms with Crippen molar-refractivity contribution in [2.45, 2.75) is 13.3 Å². The van der Waals surface area contributed by atoms with E-state index in [0.29, 0.717) is 19.0 Å². The van der Waals surface area contributed by atoms with E-state index in [4.69, 9.17) is 9.15 Å². The Balaban J connectivity index is 2.06. The third-order valence-electron chi connectivity index (χ3n) is 3.42. The zero-order valence-corrected chi connectivity index (χ0v) is 11.6. The highest BCUT2D eigenvalue weighted by Crippen LogP contribution is 2.30. The number of furan rings is 1. The molecule has 1 aliphatic rings. The number of rotatable bonds is 2. The largest absolute Gasteiger partial charge is 0.453 e. The fourth-order valence-corrected chi connectivity index (χ4v) is 2.72. The minimum atomic E-state index is -0.0484. The summed E-state index contributed by atoms with van der Waals surface area (Å²) in [4.78, 5) is 12.3. The van der Waals surface area contributed by atoms with Gasteiger partial charge in [0.25, 0.3) is 0 Å². The molecule has 0 bridgehead atoms. The first-order valence-electron chi connectivity index (χ1n) is 5.97. The van der Waals surface area contributed by atoms with Gasteiger partial charge in [-0.3, -0.25) is 4.79 Å². The second-order valence-electron chi connectivity index (χ2n) is 4.62. The van der Waals surface area contributed by atoms with E-state index in [2.05, 4.69) is 15.9 Å². The standard InChI is InChI=1S/C14H13BrO3/c1-8-11-6-10(15)2-3-12(11)18-14(8)13(16)9-4-5-17-7-9/h2-3,6,9H,4-5,7H2,1H3. The quantitative estimate of drug-likeness (QED) is 0.794. The normalized spacial score (nSPS) is 19.6. The van der Waals surface area contributed by atoms with Crippen molar-refractivity contribution < 1.29 is 13.9 Å². The van der Waals surface area contributed by atoms with Crippen molar-refractivity contribution in [3.8, 4) is 0 Å². The lowest BCUT2D eigenvalue weighted by Crippen LogP contribution is -2.14. The predicted molar refractivity (Wildman–Crippen MR) is 71.9 cm³/mol. The maximum atomic E-state index is 12.3. The van der Waals surface area contributed by atoms with Crippen LogP contribution in [0.2, 0.25) is 0 Å². The molecular weight excluding hydrogens is 296 g/mol. The summed E-state index contributed by atoms with van der Waals surface area (Å²) in [5.41, 5.74) is 1.68. The number of Topliss-reactive ketones (excluding diaryl/α,β-unsaturated/α-hetero) is 1. The number of ketones is 1. The summed E-state index contributed by atoms with van der Waals surface area (Å²) >= 11 is 3.43. The Morgan fingerprint density at radius 2 is 2.28 bits per heavy atom. The summed E-state index contributed by atoms with van der Waals surface area (Å²) in [6, 6.07) is 5.78. The molecule has 0 spiro atoms. The third-order valence-corrected chi connectivity index (χ3v) is 3.92. The predicted octanol–water partition coefficient (Wildman–Crippen LogP) is 3.72. The van der Waals surface area contributed by atoms with Gasteiger partial charge >= 0.3 is 0 Å². The second kappa shape index (κ2) is 4.52.